The molecule has 0 aromatic carbocycles. The van der Waals surface area contributed by atoms with E-state index >= 15 is 0 Å². The Labute approximate surface area is 147 Å². The summed E-state index contributed by atoms with van der Waals surface area (Å²) in [4.78, 5) is 31.6. The van der Waals surface area contributed by atoms with Crippen LogP contribution < -0.4 is 17.0 Å². The third-order valence-electron chi connectivity index (χ3n) is 5.56. The third kappa shape index (κ3) is 3.71. The fourth-order valence-corrected chi connectivity index (χ4v) is 4.16. The third-order valence-corrected chi connectivity index (χ3v) is 5.56. The molecule has 7 heteroatoms. The Morgan fingerprint density at radius 1 is 1.12 bits per heavy atom. The van der Waals surface area contributed by atoms with Crippen molar-refractivity contribution in [1.82, 2.24) is 9.55 Å². The second-order valence-electron chi connectivity index (χ2n) is 7.35. The Hall–Kier alpha value is -1.89. The van der Waals surface area contributed by atoms with Crippen LogP contribution in [0.25, 0.3) is 0 Å². The van der Waals surface area contributed by atoms with E-state index in [9.17, 15) is 14.7 Å². The molecule has 1 aromatic heterocycles. The summed E-state index contributed by atoms with van der Waals surface area (Å²) in [6.45, 7) is 1.71. The lowest BCUT2D eigenvalue weighted by molar-refractivity contribution is 0.298. The molecule has 1 heterocycles. The van der Waals surface area contributed by atoms with Crippen LogP contribution >= 0.6 is 0 Å². The number of H-pyrrole nitrogens is 1. The number of hydrogen-bond donors (Lipinski definition) is 3. The van der Waals surface area contributed by atoms with E-state index in [1.165, 1.54) is 4.57 Å². The monoisotopic (exact) mass is 348 g/mol. The van der Waals surface area contributed by atoms with Crippen molar-refractivity contribution in [3.05, 3.63) is 26.4 Å². The molecular formula is C18H28N4O3. The smallest absolute Gasteiger partial charge is 0.331 e. The summed E-state index contributed by atoms with van der Waals surface area (Å²) in [6, 6.07) is -0.127. The Bertz CT molecular complexity index is 759. The number of nitrogens with two attached hydrogens (primary N) is 1. The number of nitrogens with one attached hydrogen (secondary N) is 1. The molecule has 2 aliphatic carbocycles. The highest BCUT2D eigenvalue weighted by molar-refractivity contribution is 6.00. The molecule has 25 heavy (non-hydrogen) atoms. The van der Waals surface area contributed by atoms with Crippen molar-refractivity contribution in [1.29, 1.82) is 0 Å². The maximum atomic E-state index is 12.3. The van der Waals surface area contributed by atoms with Crippen LogP contribution in [0, 0.1) is 0 Å². The van der Waals surface area contributed by atoms with Crippen LogP contribution in [-0.2, 0) is 0 Å². The molecule has 2 aliphatic rings. The van der Waals surface area contributed by atoms with Crippen molar-refractivity contribution in [2.24, 2.45) is 10.7 Å². The Balaban J connectivity index is 2.00. The van der Waals surface area contributed by atoms with Gasteiger partial charge in [-0.2, -0.15) is 0 Å². The summed E-state index contributed by atoms with van der Waals surface area (Å²) >= 11 is 0. The molecule has 3 rings (SSSR count). The zero-order valence-electron chi connectivity index (χ0n) is 14.8. The van der Waals surface area contributed by atoms with Gasteiger partial charge >= 0.3 is 5.69 Å². The van der Waals surface area contributed by atoms with Gasteiger partial charge in [0, 0.05) is 12.1 Å². The topological polar surface area (TPSA) is 113 Å². The first-order valence-electron chi connectivity index (χ1n) is 9.37. The highest BCUT2D eigenvalue weighted by Gasteiger charge is 2.26. The molecule has 0 aliphatic heterocycles. The first-order valence-corrected chi connectivity index (χ1v) is 9.37. The van der Waals surface area contributed by atoms with Crippen LogP contribution in [0.3, 0.4) is 0 Å². The first kappa shape index (κ1) is 17.9. The SMILES string of the molecule is CC(=N[C@@H]1CCCC[C@H]1N)c1c(O)n(C2CCCCC2)c(=O)[nH]c1=O. The van der Waals surface area contributed by atoms with Gasteiger partial charge in [0.25, 0.3) is 5.56 Å². The fourth-order valence-electron chi connectivity index (χ4n) is 4.16. The minimum Gasteiger partial charge on any atom is -0.494 e. The number of aliphatic imine (C=N–C) groups is 1. The molecule has 0 saturated heterocycles. The summed E-state index contributed by atoms with van der Waals surface area (Å²) in [7, 11) is 0. The highest BCUT2D eigenvalue weighted by Crippen LogP contribution is 2.30. The van der Waals surface area contributed by atoms with Crippen LogP contribution in [0.4, 0.5) is 0 Å². The maximum absolute atomic E-state index is 12.3. The van der Waals surface area contributed by atoms with Gasteiger partial charge in [0.15, 0.2) is 0 Å². The van der Waals surface area contributed by atoms with E-state index in [1.54, 1.807) is 6.92 Å². The molecule has 0 bridgehead atoms. The Kier molecular flexibility index (Phi) is 5.42. The van der Waals surface area contributed by atoms with Crippen LogP contribution in [0.2, 0.25) is 0 Å². The van der Waals surface area contributed by atoms with Crippen molar-refractivity contribution in [3.8, 4) is 5.88 Å². The minimum absolute atomic E-state index is 0.0193. The van der Waals surface area contributed by atoms with E-state index in [1.807, 2.05) is 0 Å². The molecule has 0 amide bonds. The second-order valence-corrected chi connectivity index (χ2v) is 7.35. The van der Waals surface area contributed by atoms with Gasteiger partial charge in [-0.05, 0) is 32.6 Å². The van der Waals surface area contributed by atoms with Gasteiger partial charge in [0.1, 0.15) is 5.56 Å². The van der Waals surface area contributed by atoms with E-state index in [2.05, 4.69) is 9.98 Å². The van der Waals surface area contributed by atoms with Gasteiger partial charge < -0.3 is 10.8 Å². The van der Waals surface area contributed by atoms with E-state index in [4.69, 9.17) is 5.73 Å². The summed E-state index contributed by atoms with van der Waals surface area (Å²) in [6.07, 6.45) is 8.84. The molecule has 1 aromatic rings. The van der Waals surface area contributed by atoms with Crippen LogP contribution in [0.1, 0.15) is 76.3 Å². The Morgan fingerprint density at radius 3 is 2.44 bits per heavy atom. The van der Waals surface area contributed by atoms with Crippen LogP contribution in [0.15, 0.2) is 14.6 Å². The molecule has 0 radical (unpaired) electrons. The molecule has 138 valence electrons. The van der Waals surface area contributed by atoms with Gasteiger partial charge in [0.2, 0.25) is 5.88 Å². The second kappa shape index (κ2) is 7.56. The normalized spacial score (nSPS) is 25.9. The molecule has 4 N–H and O–H groups in total. The van der Waals surface area contributed by atoms with Crippen LogP contribution in [0.5, 0.6) is 5.88 Å². The number of nitrogens with zero attached hydrogens (tertiary/aromatic N) is 2. The zero-order chi connectivity index (χ0) is 18.0. The van der Waals surface area contributed by atoms with E-state index in [0.29, 0.717) is 5.71 Å². The average Bonchev–Trinajstić information content (AvgIpc) is 2.57. The van der Waals surface area contributed by atoms with Gasteiger partial charge in [-0.1, -0.05) is 32.1 Å². The highest BCUT2D eigenvalue weighted by atomic mass is 16.3. The Morgan fingerprint density at radius 2 is 1.76 bits per heavy atom. The molecular weight excluding hydrogens is 320 g/mol. The first-order chi connectivity index (χ1) is 12.0. The van der Waals surface area contributed by atoms with Gasteiger partial charge in [-0.25, -0.2) is 4.79 Å². The van der Waals surface area contributed by atoms with Gasteiger partial charge in [-0.15, -0.1) is 0 Å². The number of aromatic nitrogens is 2. The summed E-state index contributed by atoms with van der Waals surface area (Å²) in [5.74, 6) is -0.258. The minimum atomic E-state index is -0.583. The number of aromatic hydroxyl groups is 1. The van der Waals surface area contributed by atoms with E-state index < -0.39 is 11.2 Å². The standard InChI is InChI=1S/C18H28N4O3/c1-11(20-14-10-6-5-9-13(14)19)15-16(23)21-18(25)22(17(15)24)12-7-3-2-4-8-12/h12-14,24H,2-10,19H2,1H3,(H,21,23,25)/t13-,14-/m1/s1. The molecule has 2 atom stereocenters. The average molecular weight is 348 g/mol. The van der Waals surface area contributed by atoms with E-state index in [-0.39, 0.29) is 29.6 Å². The number of hydrogen-bond acceptors (Lipinski definition) is 5. The molecule has 2 saturated carbocycles. The summed E-state index contributed by atoms with van der Waals surface area (Å²) in [5.41, 5.74) is 5.57. The van der Waals surface area contributed by atoms with Crippen molar-refractivity contribution in [2.75, 3.05) is 0 Å². The molecule has 2 fully saturated rings. The molecule has 0 spiro atoms. The van der Waals surface area contributed by atoms with Crippen LogP contribution in [-0.4, -0.2) is 32.5 Å². The lowest BCUT2D eigenvalue weighted by atomic mass is 9.91. The number of rotatable bonds is 3. The maximum Gasteiger partial charge on any atom is 0.331 e. The predicted octanol–water partition coefficient (Wildman–Crippen LogP) is 1.83. The van der Waals surface area contributed by atoms with Gasteiger partial charge in [0.05, 0.1) is 11.8 Å². The summed E-state index contributed by atoms with van der Waals surface area (Å²) < 4.78 is 1.34. The molecule has 0 unspecified atom stereocenters. The predicted molar refractivity (Wildman–Crippen MR) is 97.6 cm³/mol. The quantitative estimate of drug-likeness (QED) is 0.723. The largest absolute Gasteiger partial charge is 0.494 e. The van der Waals surface area contributed by atoms with Crippen molar-refractivity contribution >= 4 is 5.71 Å². The molecule has 7 nitrogen and oxygen atoms in total. The van der Waals surface area contributed by atoms with Crippen molar-refractivity contribution in [2.45, 2.75) is 82.8 Å². The van der Waals surface area contributed by atoms with Gasteiger partial charge in [-0.3, -0.25) is 19.3 Å². The fraction of sp³-hybridized carbons (Fsp3) is 0.722. The van der Waals surface area contributed by atoms with E-state index in [0.717, 1.165) is 57.8 Å². The van der Waals surface area contributed by atoms with Crippen molar-refractivity contribution in [3.63, 3.8) is 0 Å². The lowest BCUT2D eigenvalue weighted by Crippen LogP contribution is -2.38. The number of aromatic amines is 1. The summed E-state index contributed by atoms with van der Waals surface area (Å²) in [5, 5.41) is 10.7. The lowest BCUT2D eigenvalue weighted by Gasteiger charge is -2.27. The zero-order valence-corrected chi connectivity index (χ0v) is 14.8. The van der Waals surface area contributed by atoms with Crippen molar-refractivity contribution < 1.29 is 5.11 Å².